The molecule has 1 amide bonds. The number of piperazine rings is 1. The Morgan fingerprint density at radius 3 is 2.39 bits per heavy atom. The zero-order chi connectivity index (χ0) is 16.4. The van der Waals surface area contributed by atoms with Crippen molar-refractivity contribution in [1.82, 2.24) is 19.6 Å². The summed E-state index contributed by atoms with van der Waals surface area (Å²) in [7, 11) is 1.93. The molecule has 0 atom stereocenters. The predicted molar refractivity (Wildman–Crippen MR) is 85.5 cm³/mol. The maximum atomic E-state index is 12.9. The number of nitrogens with zero attached hydrogens (tertiary/aromatic N) is 4. The molecule has 3 rings (SSSR count). The van der Waals surface area contributed by atoms with Crippen LogP contribution >= 0.6 is 0 Å². The Hall–Kier alpha value is -2.21. The summed E-state index contributed by atoms with van der Waals surface area (Å²) in [5.41, 5.74) is 2.83. The minimum Gasteiger partial charge on any atom is -0.336 e. The van der Waals surface area contributed by atoms with Crippen LogP contribution in [0.25, 0.3) is 0 Å². The molecular weight excluding hydrogens is 295 g/mol. The molecule has 1 aromatic carbocycles. The second-order valence-corrected chi connectivity index (χ2v) is 5.99. The van der Waals surface area contributed by atoms with Gasteiger partial charge < -0.3 is 4.90 Å². The van der Waals surface area contributed by atoms with E-state index in [1.807, 2.05) is 29.7 Å². The fraction of sp³-hybridized carbons (Fsp3) is 0.412. The third kappa shape index (κ3) is 3.59. The van der Waals surface area contributed by atoms with Crippen molar-refractivity contribution in [2.24, 2.45) is 7.05 Å². The molecule has 23 heavy (non-hydrogen) atoms. The van der Waals surface area contributed by atoms with Crippen LogP contribution in [0, 0.1) is 12.7 Å². The monoisotopic (exact) mass is 316 g/mol. The fourth-order valence-corrected chi connectivity index (χ4v) is 2.93. The molecule has 0 radical (unpaired) electrons. The summed E-state index contributed by atoms with van der Waals surface area (Å²) in [4.78, 5) is 16.6. The summed E-state index contributed by atoms with van der Waals surface area (Å²) >= 11 is 0. The molecule has 1 saturated heterocycles. The van der Waals surface area contributed by atoms with Gasteiger partial charge in [0, 0.05) is 57.1 Å². The van der Waals surface area contributed by atoms with Gasteiger partial charge in [0.2, 0.25) is 0 Å². The largest absolute Gasteiger partial charge is 0.336 e. The van der Waals surface area contributed by atoms with Crippen LogP contribution < -0.4 is 0 Å². The van der Waals surface area contributed by atoms with Crippen molar-refractivity contribution in [2.75, 3.05) is 26.2 Å². The Balaban J connectivity index is 1.56. The molecule has 2 heterocycles. The molecule has 0 aliphatic carbocycles. The van der Waals surface area contributed by atoms with Gasteiger partial charge in [0.15, 0.2) is 0 Å². The maximum Gasteiger partial charge on any atom is 0.253 e. The van der Waals surface area contributed by atoms with Crippen molar-refractivity contribution in [2.45, 2.75) is 13.5 Å². The van der Waals surface area contributed by atoms with E-state index >= 15 is 0 Å². The van der Waals surface area contributed by atoms with Gasteiger partial charge in [-0.3, -0.25) is 14.4 Å². The molecule has 2 aromatic rings. The number of halogens is 1. The fourth-order valence-electron chi connectivity index (χ4n) is 2.93. The Morgan fingerprint density at radius 1 is 1.17 bits per heavy atom. The average Bonchev–Trinajstić information content (AvgIpc) is 2.86. The van der Waals surface area contributed by atoms with Crippen LogP contribution in [-0.4, -0.2) is 51.7 Å². The first-order valence-corrected chi connectivity index (χ1v) is 7.79. The van der Waals surface area contributed by atoms with Crippen LogP contribution in [0.2, 0.25) is 0 Å². The first-order valence-electron chi connectivity index (χ1n) is 7.79. The van der Waals surface area contributed by atoms with Crippen molar-refractivity contribution >= 4 is 5.91 Å². The summed E-state index contributed by atoms with van der Waals surface area (Å²) < 4.78 is 14.8. The molecule has 5 nitrogen and oxygen atoms in total. The van der Waals surface area contributed by atoms with Gasteiger partial charge in [-0.25, -0.2) is 4.39 Å². The van der Waals surface area contributed by atoms with E-state index in [0.717, 1.165) is 25.3 Å². The van der Waals surface area contributed by atoms with Gasteiger partial charge in [-0.2, -0.15) is 5.10 Å². The summed E-state index contributed by atoms with van der Waals surface area (Å²) in [5, 5.41) is 4.36. The number of hydrogen-bond acceptors (Lipinski definition) is 3. The average molecular weight is 316 g/mol. The Labute approximate surface area is 135 Å². The number of rotatable bonds is 3. The maximum absolute atomic E-state index is 12.9. The van der Waals surface area contributed by atoms with Crippen molar-refractivity contribution in [3.63, 3.8) is 0 Å². The minimum absolute atomic E-state index is 0.0257. The smallest absolute Gasteiger partial charge is 0.253 e. The Kier molecular flexibility index (Phi) is 4.43. The molecular formula is C17H21FN4O. The molecule has 0 bridgehead atoms. The lowest BCUT2D eigenvalue weighted by Gasteiger charge is -2.34. The zero-order valence-corrected chi connectivity index (χ0v) is 13.5. The van der Waals surface area contributed by atoms with Crippen LogP contribution in [0.3, 0.4) is 0 Å². The van der Waals surface area contributed by atoms with E-state index < -0.39 is 0 Å². The van der Waals surface area contributed by atoms with Crippen LogP contribution in [0.1, 0.15) is 21.6 Å². The van der Waals surface area contributed by atoms with Crippen LogP contribution in [0.5, 0.6) is 0 Å². The third-order valence-electron chi connectivity index (χ3n) is 4.26. The SMILES string of the molecule is Cc1nn(C)cc1CN1CCN(C(=O)c2ccc(F)cc2)CC1. The van der Waals surface area contributed by atoms with Gasteiger partial charge in [0.25, 0.3) is 5.91 Å². The third-order valence-corrected chi connectivity index (χ3v) is 4.26. The first kappa shape index (κ1) is 15.7. The van der Waals surface area contributed by atoms with Gasteiger partial charge in [-0.1, -0.05) is 0 Å². The molecule has 1 fully saturated rings. The van der Waals surface area contributed by atoms with E-state index in [1.54, 1.807) is 12.1 Å². The van der Waals surface area contributed by atoms with Gasteiger partial charge in [0.05, 0.1) is 5.69 Å². The second kappa shape index (κ2) is 6.50. The highest BCUT2D eigenvalue weighted by Crippen LogP contribution is 2.13. The van der Waals surface area contributed by atoms with Crippen LogP contribution in [0.15, 0.2) is 30.5 Å². The zero-order valence-electron chi connectivity index (χ0n) is 13.5. The molecule has 1 aromatic heterocycles. The first-order chi connectivity index (χ1) is 11.0. The minimum atomic E-state index is -0.321. The van der Waals surface area contributed by atoms with Crippen LogP contribution in [0.4, 0.5) is 4.39 Å². The number of hydrogen-bond donors (Lipinski definition) is 0. The lowest BCUT2D eigenvalue weighted by Crippen LogP contribution is -2.48. The van der Waals surface area contributed by atoms with Crippen molar-refractivity contribution < 1.29 is 9.18 Å². The number of benzene rings is 1. The van der Waals surface area contributed by atoms with E-state index in [9.17, 15) is 9.18 Å². The molecule has 6 heteroatoms. The lowest BCUT2D eigenvalue weighted by molar-refractivity contribution is 0.0628. The van der Waals surface area contributed by atoms with E-state index in [2.05, 4.69) is 10.00 Å². The normalized spacial score (nSPS) is 15.9. The summed E-state index contributed by atoms with van der Waals surface area (Å²) in [5.74, 6) is -0.347. The lowest BCUT2D eigenvalue weighted by atomic mass is 10.1. The molecule has 122 valence electrons. The standard InChI is InChI=1S/C17H21FN4O/c1-13-15(11-20(2)19-13)12-21-7-9-22(10-8-21)17(23)14-3-5-16(18)6-4-14/h3-6,11H,7-10,12H2,1-2H3. The van der Waals surface area contributed by atoms with E-state index in [1.165, 1.54) is 17.7 Å². The molecule has 1 aliphatic heterocycles. The van der Waals surface area contributed by atoms with E-state index in [4.69, 9.17) is 0 Å². The van der Waals surface area contributed by atoms with Crippen LogP contribution in [-0.2, 0) is 13.6 Å². The van der Waals surface area contributed by atoms with E-state index in [-0.39, 0.29) is 11.7 Å². The molecule has 0 saturated carbocycles. The quantitative estimate of drug-likeness (QED) is 0.867. The van der Waals surface area contributed by atoms with Crippen molar-refractivity contribution in [3.05, 3.63) is 53.1 Å². The van der Waals surface area contributed by atoms with Crippen molar-refractivity contribution in [1.29, 1.82) is 0 Å². The molecule has 0 N–H and O–H groups in total. The summed E-state index contributed by atoms with van der Waals surface area (Å²) in [6, 6.07) is 5.75. The number of aromatic nitrogens is 2. The molecule has 1 aliphatic rings. The predicted octanol–water partition coefficient (Wildman–Crippen LogP) is 1.83. The van der Waals surface area contributed by atoms with Gasteiger partial charge in [-0.15, -0.1) is 0 Å². The Morgan fingerprint density at radius 2 is 1.83 bits per heavy atom. The number of amides is 1. The highest BCUT2D eigenvalue weighted by atomic mass is 19.1. The van der Waals surface area contributed by atoms with Crippen molar-refractivity contribution in [3.8, 4) is 0 Å². The Bertz CT molecular complexity index is 687. The molecule has 0 unspecified atom stereocenters. The second-order valence-electron chi connectivity index (χ2n) is 5.99. The van der Waals surface area contributed by atoms with Gasteiger partial charge in [0.1, 0.15) is 5.82 Å². The number of carbonyl (C=O) groups is 1. The highest BCUT2D eigenvalue weighted by molar-refractivity contribution is 5.94. The van der Waals surface area contributed by atoms with E-state index in [0.29, 0.717) is 18.7 Å². The summed E-state index contributed by atoms with van der Waals surface area (Å²) in [6.07, 6.45) is 2.05. The van der Waals surface area contributed by atoms with Gasteiger partial charge in [-0.05, 0) is 31.2 Å². The number of aryl methyl sites for hydroxylation is 2. The van der Waals surface area contributed by atoms with Gasteiger partial charge >= 0.3 is 0 Å². The topological polar surface area (TPSA) is 41.4 Å². The number of carbonyl (C=O) groups excluding carboxylic acids is 1. The molecule has 0 spiro atoms. The summed E-state index contributed by atoms with van der Waals surface area (Å²) in [6.45, 7) is 5.93. The highest BCUT2D eigenvalue weighted by Gasteiger charge is 2.22.